The van der Waals surface area contributed by atoms with Crippen molar-refractivity contribution in [1.29, 1.82) is 0 Å². The van der Waals surface area contributed by atoms with Crippen molar-refractivity contribution >= 4 is 77.7 Å². The lowest BCUT2D eigenvalue weighted by molar-refractivity contribution is 0.104. The normalized spacial score (nSPS) is 15.9. The van der Waals surface area contributed by atoms with Crippen molar-refractivity contribution in [2.45, 2.75) is 30.7 Å². The molecule has 11 heteroatoms. The van der Waals surface area contributed by atoms with Gasteiger partial charge in [-0.15, -0.1) is 11.3 Å². The van der Waals surface area contributed by atoms with Gasteiger partial charge in [0.25, 0.3) is 10.0 Å². The molecule has 0 spiro atoms. The quantitative estimate of drug-likeness (QED) is 0.236. The number of anilines is 1. The fourth-order valence-corrected chi connectivity index (χ4v) is 8.46. The molecule has 1 aliphatic rings. The van der Waals surface area contributed by atoms with Gasteiger partial charge < -0.3 is 10.1 Å². The molecule has 35 heavy (non-hydrogen) atoms. The number of hydrogen-bond acceptors (Lipinski definition) is 6. The van der Waals surface area contributed by atoms with Crippen LogP contribution >= 0.6 is 50.5 Å². The number of fused-ring (bicyclic) bond motifs is 1. The van der Waals surface area contributed by atoms with Crippen LogP contribution in [0.3, 0.4) is 0 Å². The summed E-state index contributed by atoms with van der Waals surface area (Å²) in [6.07, 6.45) is 2.37. The maximum absolute atomic E-state index is 13.1. The molecule has 6 nitrogen and oxygen atoms in total. The van der Waals surface area contributed by atoms with Gasteiger partial charge in [0.2, 0.25) is 0 Å². The lowest BCUT2D eigenvalue weighted by atomic mass is 9.85. The van der Waals surface area contributed by atoms with Crippen molar-refractivity contribution in [3.63, 3.8) is 0 Å². The van der Waals surface area contributed by atoms with Gasteiger partial charge >= 0.3 is 0 Å². The summed E-state index contributed by atoms with van der Waals surface area (Å²) in [5.74, 6) is 0.489. The molecule has 0 aliphatic carbocycles. The third kappa shape index (κ3) is 5.54. The molecule has 2 aromatic carbocycles. The number of allylic oxidation sites excluding steroid dienone is 1. The Morgan fingerprint density at radius 2 is 1.86 bits per heavy atom. The van der Waals surface area contributed by atoms with Crippen LogP contribution in [0, 0.1) is 0 Å². The lowest BCUT2D eigenvalue weighted by Gasteiger charge is -2.35. The highest BCUT2D eigenvalue weighted by molar-refractivity contribution is 9.10. The fraction of sp³-hybridized carbons (Fsp3) is 0.208. The fourth-order valence-electron chi connectivity index (χ4n) is 3.85. The number of benzene rings is 2. The van der Waals surface area contributed by atoms with Crippen LogP contribution in [0.1, 0.15) is 35.3 Å². The van der Waals surface area contributed by atoms with E-state index in [1.54, 1.807) is 25.3 Å². The van der Waals surface area contributed by atoms with Crippen LogP contribution in [0.5, 0.6) is 5.75 Å². The first-order valence-electron chi connectivity index (χ1n) is 10.4. The molecule has 0 amide bonds. The first-order valence-corrected chi connectivity index (χ1v) is 14.2. The monoisotopic (exact) mass is 614 g/mol. The Balaban J connectivity index is 1.59. The van der Waals surface area contributed by atoms with E-state index in [9.17, 15) is 13.2 Å². The molecule has 3 aromatic rings. The molecule has 0 radical (unpaired) electrons. The Morgan fingerprint density at radius 1 is 1.17 bits per heavy atom. The van der Waals surface area contributed by atoms with E-state index in [4.69, 9.17) is 27.9 Å². The summed E-state index contributed by atoms with van der Waals surface area (Å²) in [7, 11) is -2.38. The Labute approximate surface area is 226 Å². The van der Waals surface area contributed by atoms with Crippen LogP contribution in [0.25, 0.3) is 5.70 Å². The minimum atomic E-state index is -3.98. The highest BCUT2D eigenvalue weighted by atomic mass is 79.9. The summed E-state index contributed by atoms with van der Waals surface area (Å²) < 4.78 is 33.9. The molecule has 0 fully saturated rings. The van der Waals surface area contributed by atoms with E-state index in [0.717, 1.165) is 28.9 Å². The molecule has 2 heterocycles. The average Bonchev–Trinajstić information content (AvgIpc) is 3.04. The summed E-state index contributed by atoms with van der Waals surface area (Å²) >= 11 is 16.2. The predicted molar refractivity (Wildman–Crippen MR) is 146 cm³/mol. The second kappa shape index (κ2) is 9.78. The van der Waals surface area contributed by atoms with E-state index >= 15 is 0 Å². The number of ketones is 1. The number of methoxy groups -OCH3 is 1. The molecule has 0 bridgehead atoms. The van der Waals surface area contributed by atoms with Gasteiger partial charge in [-0.25, -0.2) is 8.42 Å². The van der Waals surface area contributed by atoms with E-state index < -0.39 is 10.0 Å². The molecule has 0 atom stereocenters. The Kier molecular flexibility index (Phi) is 7.28. The molecule has 1 aromatic heterocycles. The van der Waals surface area contributed by atoms with Gasteiger partial charge in [0.05, 0.1) is 11.6 Å². The number of hydrogen-bond donors (Lipinski definition) is 2. The third-order valence-electron chi connectivity index (χ3n) is 5.41. The highest BCUT2D eigenvalue weighted by Gasteiger charge is 2.29. The maximum Gasteiger partial charge on any atom is 0.265 e. The summed E-state index contributed by atoms with van der Waals surface area (Å²) in [6, 6.07) is 12.0. The number of ether oxygens (including phenoxy) is 1. The lowest BCUT2D eigenvalue weighted by Crippen LogP contribution is -2.43. The summed E-state index contributed by atoms with van der Waals surface area (Å²) in [4.78, 5) is 12.9. The smallest absolute Gasteiger partial charge is 0.265 e. The number of sulfonamides is 1. The first-order chi connectivity index (χ1) is 16.4. The second-order valence-electron chi connectivity index (χ2n) is 8.61. The van der Waals surface area contributed by atoms with E-state index in [0.29, 0.717) is 17.0 Å². The van der Waals surface area contributed by atoms with Gasteiger partial charge in [-0.3, -0.25) is 9.52 Å². The van der Waals surface area contributed by atoms with Gasteiger partial charge in [0, 0.05) is 34.1 Å². The molecule has 1 aliphatic heterocycles. The Morgan fingerprint density at radius 3 is 2.46 bits per heavy atom. The third-order valence-corrected chi connectivity index (χ3v) is 10.3. The molecule has 184 valence electrons. The number of rotatable bonds is 6. The Hall–Kier alpha value is -2.04. The molecular weight excluding hydrogens is 595 g/mol. The van der Waals surface area contributed by atoms with Crippen LogP contribution < -0.4 is 14.8 Å². The minimum absolute atomic E-state index is 0.0487. The number of carbonyl (C=O) groups is 1. The van der Waals surface area contributed by atoms with Crippen molar-refractivity contribution in [3.8, 4) is 5.75 Å². The zero-order chi connectivity index (χ0) is 25.5. The van der Waals surface area contributed by atoms with Crippen LogP contribution in [-0.4, -0.2) is 26.8 Å². The minimum Gasteiger partial charge on any atom is -0.497 e. The number of nitrogens with one attached hydrogen (secondary N) is 2. The molecule has 0 saturated heterocycles. The van der Waals surface area contributed by atoms with E-state index in [-0.39, 0.29) is 35.1 Å². The van der Waals surface area contributed by atoms with E-state index in [1.807, 2.05) is 18.2 Å². The van der Waals surface area contributed by atoms with E-state index in [1.165, 1.54) is 12.1 Å². The SMILES string of the molecule is COc1ccc2c(c1)/C(=C/C(=O)c1ccc(NS(=O)(=O)c3c(Cl)sc(Cl)c3Br)cc1)NC(C)(C)C2. The average molecular weight is 616 g/mol. The van der Waals surface area contributed by atoms with Crippen LogP contribution in [0.2, 0.25) is 8.67 Å². The van der Waals surface area contributed by atoms with Gasteiger partial charge in [-0.05, 0) is 78.2 Å². The molecule has 0 saturated carbocycles. The van der Waals surface area contributed by atoms with Crippen molar-refractivity contribution in [1.82, 2.24) is 5.32 Å². The van der Waals surface area contributed by atoms with Crippen molar-refractivity contribution in [3.05, 3.63) is 78.4 Å². The zero-order valence-electron chi connectivity index (χ0n) is 18.9. The second-order valence-corrected chi connectivity index (χ2v) is 13.2. The van der Waals surface area contributed by atoms with Gasteiger partial charge in [0.15, 0.2) is 5.78 Å². The predicted octanol–water partition coefficient (Wildman–Crippen LogP) is 6.77. The summed E-state index contributed by atoms with van der Waals surface area (Å²) in [6.45, 7) is 4.15. The maximum atomic E-state index is 13.1. The van der Waals surface area contributed by atoms with Crippen LogP contribution in [0.4, 0.5) is 5.69 Å². The van der Waals surface area contributed by atoms with E-state index in [2.05, 4.69) is 39.8 Å². The van der Waals surface area contributed by atoms with Crippen LogP contribution in [-0.2, 0) is 16.4 Å². The standard InChI is InChI=1S/C24H21BrCl2N2O4S2/c1-24(2)12-14-6-9-16(33-3)10-17(14)18(28-24)11-19(30)13-4-7-15(8-5-13)29-35(31,32)21-20(25)22(26)34-23(21)27/h4-11,28-29H,12H2,1-3H3/b18-11-. The van der Waals surface area contributed by atoms with Crippen molar-refractivity contribution < 1.29 is 17.9 Å². The number of thiophene rings is 1. The number of halogens is 3. The topological polar surface area (TPSA) is 84.5 Å². The highest BCUT2D eigenvalue weighted by Crippen LogP contribution is 2.43. The molecular formula is C24H21BrCl2N2O4S2. The first kappa shape index (κ1) is 26.0. The summed E-state index contributed by atoms with van der Waals surface area (Å²) in [5.41, 5.74) is 3.21. The largest absolute Gasteiger partial charge is 0.497 e. The van der Waals surface area contributed by atoms with Crippen molar-refractivity contribution in [2.75, 3.05) is 11.8 Å². The molecule has 4 rings (SSSR count). The van der Waals surface area contributed by atoms with Gasteiger partial charge in [-0.2, -0.15) is 0 Å². The Bertz CT molecular complexity index is 1450. The van der Waals surface area contributed by atoms with Crippen molar-refractivity contribution in [2.24, 2.45) is 0 Å². The number of carbonyl (C=O) groups excluding carboxylic acids is 1. The molecule has 0 unspecified atom stereocenters. The molecule has 2 N–H and O–H groups in total. The van der Waals surface area contributed by atoms with Gasteiger partial charge in [0.1, 0.15) is 19.3 Å². The summed E-state index contributed by atoms with van der Waals surface area (Å²) in [5, 5.41) is 3.44. The van der Waals surface area contributed by atoms with Crippen LogP contribution in [0.15, 0.2) is 57.9 Å². The zero-order valence-corrected chi connectivity index (χ0v) is 23.6. The van der Waals surface area contributed by atoms with Gasteiger partial charge in [-0.1, -0.05) is 29.3 Å².